The summed E-state index contributed by atoms with van der Waals surface area (Å²) in [5, 5.41) is 2.86. The van der Waals surface area contributed by atoms with Crippen molar-refractivity contribution in [1.29, 1.82) is 0 Å². The highest BCUT2D eigenvalue weighted by atomic mass is 16.2. The molecule has 0 aromatic heterocycles. The molecule has 1 aliphatic heterocycles. The van der Waals surface area contributed by atoms with Gasteiger partial charge in [0, 0.05) is 11.3 Å². The molecule has 3 aromatic carbocycles. The van der Waals surface area contributed by atoms with Crippen molar-refractivity contribution in [3.63, 3.8) is 0 Å². The first-order valence-corrected chi connectivity index (χ1v) is 8.51. The Bertz CT molecular complexity index is 1040. The molecule has 0 unspecified atom stereocenters. The minimum Gasteiger partial charge on any atom is -0.322 e. The normalized spacial score (nSPS) is 12.9. The Hall–Kier alpha value is -3.73. The lowest BCUT2D eigenvalue weighted by Crippen LogP contribution is -2.29. The van der Waals surface area contributed by atoms with Gasteiger partial charge in [0.05, 0.1) is 16.8 Å². The third-order valence-corrected chi connectivity index (χ3v) is 4.58. The second-order valence-corrected chi connectivity index (χ2v) is 6.31. The first kappa shape index (κ1) is 16.7. The highest BCUT2D eigenvalue weighted by molar-refractivity contribution is 6.34. The van der Waals surface area contributed by atoms with Crippen LogP contribution in [0.5, 0.6) is 0 Å². The van der Waals surface area contributed by atoms with E-state index < -0.39 is 0 Å². The van der Waals surface area contributed by atoms with Gasteiger partial charge in [0.2, 0.25) is 0 Å². The molecule has 0 saturated carbocycles. The number of nitrogens with one attached hydrogen (secondary N) is 1. The van der Waals surface area contributed by atoms with Gasteiger partial charge in [-0.1, -0.05) is 30.3 Å². The molecule has 132 valence electrons. The Kier molecular flexibility index (Phi) is 4.05. The number of hydrogen-bond acceptors (Lipinski definition) is 3. The second-order valence-electron chi connectivity index (χ2n) is 6.31. The summed E-state index contributed by atoms with van der Waals surface area (Å²) in [6, 6.07) is 20.7. The fraction of sp³-hybridized carbons (Fsp3) is 0.0455. The number of rotatable bonds is 3. The minimum atomic E-state index is -0.354. The van der Waals surface area contributed by atoms with Crippen molar-refractivity contribution in [1.82, 2.24) is 0 Å². The molecular formula is C22H16N2O3. The van der Waals surface area contributed by atoms with Gasteiger partial charge < -0.3 is 5.32 Å². The van der Waals surface area contributed by atoms with Crippen LogP contribution in [-0.4, -0.2) is 17.7 Å². The topological polar surface area (TPSA) is 66.5 Å². The molecular weight excluding hydrogens is 340 g/mol. The summed E-state index contributed by atoms with van der Waals surface area (Å²) < 4.78 is 0. The molecule has 0 fully saturated rings. The van der Waals surface area contributed by atoms with E-state index in [1.807, 2.05) is 31.2 Å². The fourth-order valence-corrected chi connectivity index (χ4v) is 3.09. The number of para-hydroxylation sites is 1. The predicted octanol–water partition coefficient (Wildman–Crippen LogP) is 4.05. The number of fused-ring (bicyclic) bond motifs is 1. The third-order valence-electron chi connectivity index (χ3n) is 4.58. The number of anilines is 2. The van der Waals surface area contributed by atoms with Crippen molar-refractivity contribution < 1.29 is 14.4 Å². The zero-order chi connectivity index (χ0) is 19.0. The zero-order valence-corrected chi connectivity index (χ0v) is 14.6. The summed E-state index contributed by atoms with van der Waals surface area (Å²) >= 11 is 0. The van der Waals surface area contributed by atoms with Crippen molar-refractivity contribution in [3.05, 3.63) is 95.1 Å². The molecule has 0 bridgehead atoms. The number of amides is 3. The lowest BCUT2D eigenvalue weighted by atomic mass is 10.1. The minimum absolute atomic E-state index is 0.252. The summed E-state index contributed by atoms with van der Waals surface area (Å²) in [6.45, 7) is 1.92. The van der Waals surface area contributed by atoms with Crippen LogP contribution in [0.1, 0.15) is 36.6 Å². The lowest BCUT2D eigenvalue weighted by molar-refractivity contribution is 0.0925. The van der Waals surface area contributed by atoms with E-state index in [0.29, 0.717) is 22.4 Å². The molecule has 0 aliphatic carbocycles. The smallest absolute Gasteiger partial charge is 0.266 e. The van der Waals surface area contributed by atoms with Crippen molar-refractivity contribution in [2.75, 3.05) is 10.2 Å². The molecule has 0 saturated heterocycles. The number of carbonyl (C=O) groups excluding carboxylic acids is 3. The van der Waals surface area contributed by atoms with Crippen LogP contribution in [0.2, 0.25) is 0 Å². The number of aryl methyl sites for hydroxylation is 1. The molecule has 1 heterocycles. The van der Waals surface area contributed by atoms with Gasteiger partial charge in [-0.3, -0.25) is 14.4 Å². The quantitative estimate of drug-likeness (QED) is 0.720. The number of nitrogens with zero attached hydrogens (tertiary/aromatic N) is 1. The molecule has 1 aliphatic rings. The van der Waals surface area contributed by atoms with E-state index in [1.165, 1.54) is 0 Å². The third kappa shape index (κ3) is 2.89. The van der Waals surface area contributed by atoms with Gasteiger partial charge in [-0.25, -0.2) is 4.90 Å². The standard InChI is InChI=1S/C22H16N2O3/c1-14-6-2-5-9-19(14)23-20(25)15-10-12-16(13-11-15)24-21(26)17-7-3-4-8-18(17)22(24)27/h2-13H,1H3,(H,23,25). The summed E-state index contributed by atoms with van der Waals surface area (Å²) in [5.74, 6) is -0.960. The van der Waals surface area contributed by atoms with Crippen LogP contribution in [-0.2, 0) is 0 Å². The van der Waals surface area contributed by atoms with Crippen LogP contribution >= 0.6 is 0 Å². The summed E-state index contributed by atoms with van der Waals surface area (Å²) in [4.78, 5) is 38.6. The van der Waals surface area contributed by atoms with Gasteiger partial charge in [-0.05, 0) is 55.0 Å². The highest BCUT2D eigenvalue weighted by Crippen LogP contribution is 2.28. The molecule has 1 N–H and O–H groups in total. The molecule has 5 nitrogen and oxygen atoms in total. The molecule has 3 aromatic rings. The maximum absolute atomic E-state index is 12.5. The molecule has 27 heavy (non-hydrogen) atoms. The highest BCUT2D eigenvalue weighted by Gasteiger charge is 2.36. The molecule has 0 atom stereocenters. The maximum atomic E-state index is 12.5. The summed E-state index contributed by atoms with van der Waals surface area (Å²) in [5.41, 5.74) is 3.38. The van der Waals surface area contributed by atoms with Crippen molar-refractivity contribution in [2.24, 2.45) is 0 Å². The first-order chi connectivity index (χ1) is 13.1. The van der Waals surface area contributed by atoms with Crippen molar-refractivity contribution >= 4 is 29.1 Å². The van der Waals surface area contributed by atoms with Crippen LogP contribution in [0.3, 0.4) is 0 Å². The van der Waals surface area contributed by atoms with Crippen LogP contribution in [0.4, 0.5) is 11.4 Å². The Morgan fingerprint density at radius 2 is 1.33 bits per heavy atom. The lowest BCUT2D eigenvalue weighted by Gasteiger charge is -2.14. The number of benzene rings is 3. The molecule has 3 amide bonds. The van der Waals surface area contributed by atoms with Crippen molar-refractivity contribution in [3.8, 4) is 0 Å². The van der Waals surface area contributed by atoms with E-state index in [2.05, 4.69) is 5.32 Å². The average Bonchev–Trinajstić information content (AvgIpc) is 2.95. The SMILES string of the molecule is Cc1ccccc1NC(=O)c1ccc(N2C(=O)c3ccccc3C2=O)cc1. The van der Waals surface area contributed by atoms with Gasteiger partial charge in [-0.15, -0.1) is 0 Å². The Morgan fingerprint density at radius 3 is 1.93 bits per heavy atom. The van der Waals surface area contributed by atoms with Crippen molar-refractivity contribution in [2.45, 2.75) is 6.92 Å². The van der Waals surface area contributed by atoms with Gasteiger partial charge in [0.25, 0.3) is 17.7 Å². The van der Waals surface area contributed by atoms with E-state index in [1.54, 1.807) is 48.5 Å². The average molecular weight is 356 g/mol. The Morgan fingerprint density at radius 1 is 0.778 bits per heavy atom. The van der Waals surface area contributed by atoms with E-state index in [-0.39, 0.29) is 17.7 Å². The van der Waals surface area contributed by atoms with Gasteiger partial charge in [0.1, 0.15) is 0 Å². The molecule has 4 rings (SSSR count). The molecule has 5 heteroatoms. The van der Waals surface area contributed by atoms with Gasteiger partial charge in [0.15, 0.2) is 0 Å². The van der Waals surface area contributed by atoms with E-state index in [4.69, 9.17) is 0 Å². The van der Waals surface area contributed by atoms with Crippen LogP contribution in [0, 0.1) is 6.92 Å². The van der Waals surface area contributed by atoms with Gasteiger partial charge in [-0.2, -0.15) is 0 Å². The van der Waals surface area contributed by atoms with E-state index in [9.17, 15) is 14.4 Å². The van der Waals surface area contributed by atoms with E-state index >= 15 is 0 Å². The summed E-state index contributed by atoms with van der Waals surface area (Å²) in [6.07, 6.45) is 0. The number of hydrogen-bond donors (Lipinski definition) is 1. The zero-order valence-electron chi connectivity index (χ0n) is 14.6. The molecule has 0 radical (unpaired) electrons. The largest absolute Gasteiger partial charge is 0.322 e. The number of imide groups is 1. The maximum Gasteiger partial charge on any atom is 0.266 e. The number of carbonyl (C=O) groups is 3. The fourth-order valence-electron chi connectivity index (χ4n) is 3.09. The first-order valence-electron chi connectivity index (χ1n) is 8.51. The second kappa shape index (κ2) is 6.53. The van der Waals surface area contributed by atoms with Gasteiger partial charge >= 0.3 is 0 Å². The molecule has 0 spiro atoms. The van der Waals surface area contributed by atoms with E-state index in [0.717, 1.165) is 16.2 Å². The predicted molar refractivity (Wildman–Crippen MR) is 103 cm³/mol. The summed E-state index contributed by atoms with van der Waals surface area (Å²) in [7, 11) is 0. The monoisotopic (exact) mass is 356 g/mol. The van der Waals surface area contributed by atoms with Crippen LogP contribution in [0.25, 0.3) is 0 Å². The van der Waals surface area contributed by atoms with Crippen LogP contribution < -0.4 is 10.2 Å². The Labute approximate surface area is 156 Å². The Balaban J connectivity index is 1.57. The van der Waals surface area contributed by atoms with Crippen LogP contribution in [0.15, 0.2) is 72.8 Å².